The van der Waals surface area contributed by atoms with E-state index in [-0.39, 0.29) is 0 Å². The quantitative estimate of drug-likeness (QED) is 0.805. The van der Waals surface area contributed by atoms with Gasteiger partial charge in [-0.05, 0) is 18.1 Å². The minimum atomic E-state index is 0.533. The summed E-state index contributed by atoms with van der Waals surface area (Å²) < 4.78 is 2.18. The lowest BCUT2D eigenvalue weighted by atomic mass is 10.1. The van der Waals surface area contributed by atoms with Crippen LogP contribution in [0.4, 0.5) is 0 Å². The fourth-order valence-electron chi connectivity index (χ4n) is 2.06. The first-order valence-corrected chi connectivity index (χ1v) is 6.03. The lowest BCUT2D eigenvalue weighted by molar-refractivity contribution is 0.582. The fraction of sp³-hybridized carbons (Fsp3) is 0.429. The van der Waals surface area contributed by atoms with Crippen LogP contribution in [0.1, 0.15) is 26.1 Å². The Hall–Kier alpha value is -1.82. The second-order valence-corrected chi connectivity index (χ2v) is 4.67. The molecule has 0 amide bonds. The molecule has 2 rings (SSSR count). The molecule has 3 nitrogen and oxygen atoms in total. The Bertz CT molecular complexity index is 546. The van der Waals surface area contributed by atoms with Crippen molar-refractivity contribution in [3.8, 4) is 6.07 Å². The summed E-state index contributed by atoms with van der Waals surface area (Å²) in [6.07, 6.45) is 1.49. The molecule has 0 saturated carbocycles. The van der Waals surface area contributed by atoms with Gasteiger partial charge in [-0.1, -0.05) is 26.0 Å². The maximum atomic E-state index is 8.73. The van der Waals surface area contributed by atoms with Gasteiger partial charge in [0.2, 0.25) is 0 Å². The minimum absolute atomic E-state index is 0.533. The van der Waals surface area contributed by atoms with Crippen molar-refractivity contribution in [1.82, 2.24) is 9.55 Å². The van der Waals surface area contributed by atoms with Gasteiger partial charge in [-0.15, -0.1) is 0 Å². The normalized spacial score (nSPS) is 10.9. The Balaban J connectivity index is 2.45. The SMILES string of the molecule is CC(C)Cc1nc2ccccc2n1CCC#N. The maximum absolute atomic E-state index is 8.73. The molecule has 0 spiro atoms. The van der Waals surface area contributed by atoms with Crippen molar-refractivity contribution < 1.29 is 0 Å². The predicted octanol–water partition coefficient (Wildman–Crippen LogP) is 3.15. The summed E-state index contributed by atoms with van der Waals surface area (Å²) in [6, 6.07) is 10.3. The molecule has 0 fully saturated rings. The van der Waals surface area contributed by atoms with Gasteiger partial charge in [0, 0.05) is 13.0 Å². The number of nitrogens with zero attached hydrogens (tertiary/aromatic N) is 3. The molecule has 0 atom stereocenters. The summed E-state index contributed by atoms with van der Waals surface area (Å²) in [5, 5.41) is 8.73. The molecule has 88 valence electrons. The highest BCUT2D eigenvalue weighted by molar-refractivity contribution is 5.75. The number of hydrogen-bond acceptors (Lipinski definition) is 2. The molecule has 3 heteroatoms. The van der Waals surface area contributed by atoms with E-state index in [9.17, 15) is 0 Å². The summed E-state index contributed by atoms with van der Waals surface area (Å²) in [5.41, 5.74) is 2.17. The van der Waals surface area contributed by atoms with Gasteiger partial charge in [0.15, 0.2) is 0 Å². The second kappa shape index (κ2) is 5.01. The number of benzene rings is 1. The van der Waals surface area contributed by atoms with Crippen LogP contribution in [0.5, 0.6) is 0 Å². The zero-order valence-electron chi connectivity index (χ0n) is 10.3. The molecule has 0 aliphatic heterocycles. The lowest BCUT2D eigenvalue weighted by Crippen LogP contribution is -2.06. The smallest absolute Gasteiger partial charge is 0.110 e. The van der Waals surface area contributed by atoms with Crippen molar-refractivity contribution in [3.63, 3.8) is 0 Å². The average Bonchev–Trinajstić information content (AvgIpc) is 2.63. The van der Waals surface area contributed by atoms with Gasteiger partial charge in [0.1, 0.15) is 5.82 Å². The van der Waals surface area contributed by atoms with Crippen molar-refractivity contribution in [2.45, 2.75) is 33.2 Å². The highest BCUT2D eigenvalue weighted by Gasteiger charge is 2.10. The highest BCUT2D eigenvalue weighted by atomic mass is 15.1. The van der Waals surface area contributed by atoms with Crippen LogP contribution in [0, 0.1) is 17.2 Å². The summed E-state index contributed by atoms with van der Waals surface area (Å²) in [7, 11) is 0. The van der Waals surface area contributed by atoms with Gasteiger partial charge in [0.25, 0.3) is 0 Å². The maximum Gasteiger partial charge on any atom is 0.110 e. The average molecular weight is 227 g/mol. The van der Waals surface area contributed by atoms with Crippen LogP contribution in [0.25, 0.3) is 11.0 Å². The molecular formula is C14H17N3. The van der Waals surface area contributed by atoms with Crippen LogP contribution < -0.4 is 0 Å². The number of nitriles is 1. The first kappa shape index (κ1) is 11.7. The van der Waals surface area contributed by atoms with Crippen LogP contribution in [0.2, 0.25) is 0 Å². The van der Waals surface area contributed by atoms with Gasteiger partial charge in [0.05, 0.1) is 23.5 Å². The lowest BCUT2D eigenvalue weighted by Gasteiger charge is -2.08. The van der Waals surface area contributed by atoms with E-state index in [4.69, 9.17) is 5.26 Å². The van der Waals surface area contributed by atoms with Crippen LogP contribution in [0.3, 0.4) is 0 Å². The van der Waals surface area contributed by atoms with E-state index in [2.05, 4.69) is 35.5 Å². The van der Waals surface area contributed by atoms with E-state index in [1.165, 1.54) is 0 Å². The Morgan fingerprint density at radius 1 is 1.35 bits per heavy atom. The Morgan fingerprint density at radius 3 is 2.82 bits per heavy atom. The molecule has 1 heterocycles. The number of rotatable bonds is 4. The highest BCUT2D eigenvalue weighted by Crippen LogP contribution is 2.18. The molecule has 2 aromatic rings. The third-order valence-electron chi connectivity index (χ3n) is 2.77. The molecule has 0 aliphatic carbocycles. The van der Waals surface area contributed by atoms with E-state index in [1.807, 2.05) is 18.2 Å². The number of imidazole rings is 1. The molecule has 17 heavy (non-hydrogen) atoms. The number of hydrogen-bond donors (Lipinski definition) is 0. The van der Waals surface area contributed by atoms with E-state index in [1.54, 1.807) is 0 Å². The topological polar surface area (TPSA) is 41.6 Å². The van der Waals surface area contributed by atoms with Crippen molar-refractivity contribution >= 4 is 11.0 Å². The molecule has 0 bridgehead atoms. The van der Waals surface area contributed by atoms with Gasteiger partial charge >= 0.3 is 0 Å². The van der Waals surface area contributed by atoms with Gasteiger partial charge in [-0.3, -0.25) is 0 Å². The molecule has 0 aliphatic rings. The van der Waals surface area contributed by atoms with Crippen molar-refractivity contribution in [1.29, 1.82) is 5.26 Å². The fourth-order valence-corrected chi connectivity index (χ4v) is 2.06. The van der Waals surface area contributed by atoms with E-state index >= 15 is 0 Å². The van der Waals surface area contributed by atoms with E-state index < -0.39 is 0 Å². The Labute approximate surface area is 102 Å². The van der Waals surface area contributed by atoms with Crippen molar-refractivity contribution in [3.05, 3.63) is 30.1 Å². The van der Waals surface area contributed by atoms with Gasteiger partial charge in [-0.25, -0.2) is 4.98 Å². The zero-order chi connectivity index (χ0) is 12.3. The van der Waals surface area contributed by atoms with Crippen LogP contribution in [0.15, 0.2) is 24.3 Å². The summed E-state index contributed by atoms with van der Waals surface area (Å²) in [6.45, 7) is 5.11. The van der Waals surface area contributed by atoms with Crippen LogP contribution in [-0.2, 0) is 13.0 Å². The van der Waals surface area contributed by atoms with Gasteiger partial charge < -0.3 is 4.57 Å². The summed E-state index contributed by atoms with van der Waals surface area (Å²) in [4.78, 5) is 4.66. The molecule has 1 aromatic carbocycles. The summed E-state index contributed by atoms with van der Waals surface area (Å²) >= 11 is 0. The minimum Gasteiger partial charge on any atom is -0.327 e. The monoisotopic (exact) mass is 227 g/mol. The number of aromatic nitrogens is 2. The van der Waals surface area contributed by atoms with E-state index in [0.717, 1.165) is 29.8 Å². The van der Waals surface area contributed by atoms with Gasteiger partial charge in [-0.2, -0.15) is 5.26 Å². The molecule has 0 saturated heterocycles. The second-order valence-electron chi connectivity index (χ2n) is 4.67. The summed E-state index contributed by atoms with van der Waals surface area (Å²) in [5.74, 6) is 1.67. The standard InChI is InChI=1S/C14H17N3/c1-11(2)10-14-16-12-6-3-4-7-13(12)17(14)9-5-8-15/h3-4,6-7,11H,5,9-10H2,1-2H3. The van der Waals surface area contributed by atoms with Crippen molar-refractivity contribution in [2.75, 3.05) is 0 Å². The number of aryl methyl sites for hydroxylation is 1. The third kappa shape index (κ3) is 2.47. The first-order chi connectivity index (χ1) is 8.22. The van der Waals surface area contributed by atoms with E-state index in [0.29, 0.717) is 12.3 Å². The molecule has 1 aromatic heterocycles. The zero-order valence-corrected chi connectivity index (χ0v) is 10.3. The largest absolute Gasteiger partial charge is 0.327 e. The number of para-hydroxylation sites is 2. The Kier molecular flexibility index (Phi) is 3.43. The van der Waals surface area contributed by atoms with Crippen LogP contribution in [-0.4, -0.2) is 9.55 Å². The molecule has 0 radical (unpaired) electrons. The molecule has 0 N–H and O–H groups in total. The third-order valence-corrected chi connectivity index (χ3v) is 2.77. The Morgan fingerprint density at radius 2 is 2.12 bits per heavy atom. The molecular weight excluding hydrogens is 210 g/mol. The predicted molar refractivity (Wildman–Crippen MR) is 68.5 cm³/mol. The first-order valence-electron chi connectivity index (χ1n) is 6.03. The number of fused-ring (bicyclic) bond motifs is 1. The molecule has 0 unspecified atom stereocenters. The van der Waals surface area contributed by atoms with Crippen molar-refractivity contribution in [2.24, 2.45) is 5.92 Å². The van der Waals surface area contributed by atoms with Crippen LogP contribution >= 0.6 is 0 Å².